The molecule has 0 bridgehead atoms. The molecule has 0 saturated carbocycles. The van der Waals surface area contributed by atoms with E-state index in [1.807, 2.05) is 0 Å². The van der Waals surface area contributed by atoms with Gasteiger partial charge in [0.25, 0.3) is 5.91 Å². The highest BCUT2D eigenvalue weighted by Crippen LogP contribution is 2.07. The van der Waals surface area contributed by atoms with Crippen molar-refractivity contribution in [1.82, 2.24) is 9.03 Å². The molecule has 0 radical (unpaired) electrons. The average molecular weight is 176 g/mol. The van der Waals surface area contributed by atoms with Crippen molar-refractivity contribution in [3.05, 3.63) is 11.8 Å². The van der Waals surface area contributed by atoms with Crippen molar-refractivity contribution in [2.24, 2.45) is 0 Å². The normalized spacial score (nSPS) is 22.5. The van der Waals surface area contributed by atoms with E-state index in [0.29, 0.717) is 9.88 Å². The Kier molecular flexibility index (Phi) is 1.63. The monoisotopic (exact) mass is 176 g/mol. The second kappa shape index (κ2) is 2.23. The minimum absolute atomic E-state index is 0.377. The van der Waals surface area contributed by atoms with Gasteiger partial charge in [0.15, 0.2) is 0 Å². The van der Waals surface area contributed by atoms with E-state index >= 15 is 0 Å². The van der Waals surface area contributed by atoms with Gasteiger partial charge >= 0.3 is 10.2 Å². The zero-order valence-corrected chi connectivity index (χ0v) is 6.97. The predicted octanol–water partition coefficient (Wildman–Crippen LogP) is -0.803. The fourth-order valence-electron chi connectivity index (χ4n) is 0.661. The summed E-state index contributed by atoms with van der Waals surface area (Å²) in [5.41, 5.74) is 0.377. The lowest BCUT2D eigenvalue weighted by Crippen LogP contribution is -2.44. The molecule has 0 saturated heterocycles. The topological polar surface area (TPSA) is 66.5 Å². The molecule has 1 aliphatic heterocycles. The Balaban J connectivity index is 3.15. The van der Waals surface area contributed by atoms with Crippen LogP contribution in [0.1, 0.15) is 6.92 Å². The fourth-order valence-corrected chi connectivity index (χ4v) is 1.51. The van der Waals surface area contributed by atoms with Crippen LogP contribution in [-0.4, -0.2) is 25.7 Å². The lowest BCUT2D eigenvalue weighted by molar-refractivity contribution is -0.122. The Labute approximate surface area is 64.9 Å². The van der Waals surface area contributed by atoms with Crippen LogP contribution in [0.2, 0.25) is 0 Å². The fraction of sp³-hybridized carbons (Fsp3) is 0.400. The summed E-state index contributed by atoms with van der Waals surface area (Å²) >= 11 is 0. The number of rotatable bonds is 0. The summed E-state index contributed by atoms with van der Waals surface area (Å²) in [6.07, 6.45) is 1.18. The van der Waals surface area contributed by atoms with Crippen LogP contribution in [0.4, 0.5) is 0 Å². The maximum atomic E-state index is 11.0. The molecule has 0 spiro atoms. The molecular formula is C5H8N2O3S. The lowest BCUT2D eigenvalue weighted by atomic mass is 10.3. The van der Waals surface area contributed by atoms with Crippen molar-refractivity contribution in [3.8, 4) is 0 Å². The molecular weight excluding hydrogens is 168 g/mol. The van der Waals surface area contributed by atoms with Crippen molar-refractivity contribution in [2.45, 2.75) is 6.92 Å². The molecule has 1 N–H and O–H groups in total. The van der Waals surface area contributed by atoms with Gasteiger partial charge in [-0.05, 0) is 6.92 Å². The second-order valence-corrected chi connectivity index (χ2v) is 3.96. The standard InChI is InChI=1S/C5H8N2O3S/c1-4-3-6-11(9,10)7(2)5(4)8/h3,6H,1-2H3. The maximum absolute atomic E-state index is 11.0. The first-order valence-electron chi connectivity index (χ1n) is 2.92. The molecule has 0 unspecified atom stereocenters. The first-order chi connectivity index (χ1) is 4.95. The minimum Gasteiger partial charge on any atom is -0.273 e. The Morgan fingerprint density at radius 3 is 2.55 bits per heavy atom. The van der Waals surface area contributed by atoms with Gasteiger partial charge in [-0.2, -0.15) is 8.42 Å². The van der Waals surface area contributed by atoms with Gasteiger partial charge in [0.05, 0.1) is 0 Å². The van der Waals surface area contributed by atoms with E-state index in [1.54, 1.807) is 6.92 Å². The van der Waals surface area contributed by atoms with Gasteiger partial charge in [-0.15, -0.1) is 0 Å². The van der Waals surface area contributed by atoms with Crippen molar-refractivity contribution < 1.29 is 13.2 Å². The van der Waals surface area contributed by atoms with Gasteiger partial charge in [-0.3, -0.25) is 9.52 Å². The number of carbonyl (C=O) groups is 1. The molecule has 62 valence electrons. The number of carbonyl (C=O) groups excluding carboxylic acids is 1. The third kappa shape index (κ3) is 1.21. The van der Waals surface area contributed by atoms with Crippen LogP contribution in [-0.2, 0) is 15.0 Å². The van der Waals surface area contributed by atoms with Crippen molar-refractivity contribution >= 4 is 16.1 Å². The highest BCUT2D eigenvalue weighted by atomic mass is 32.2. The average Bonchev–Trinajstić information content (AvgIpc) is 1.95. The van der Waals surface area contributed by atoms with E-state index in [0.717, 1.165) is 0 Å². The molecule has 0 atom stereocenters. The summed E-state index contributed by atoms with van der Waals surface area (Å²) in [5.74, 6) is -0.497. The van der Waals surface area contributed by atoms with E-state index in [9.17, 15) is 13.2 Å². The summed E-state index contributed by atoms with van der Waals surface area (Å²) in [6.45, 7) is 1.54. The van der Waals surface area contributed by atoms with Crippen LogP contribution < -0.4 is 4.72 Å². The molecule has 1 amide bonds. The van der Waals surface area contributed by atoms with E-state index in [4.69, 9.17) is 0 Å². The van der Waals surface area contributed by atoms with Gasteiger partial charge in [0.2, 0.25) is 0 Å². The molecule has 1 heterocycles. The zero-order valence-electron chi connectivity index (χ0n) is 6.16. The van der Waals surface area contributed by atoms with E-state index in [-0.39, 0.29) is 0 Å². The number of nitrogens with zero attached hydrogens (tertiary/aromatic N) is 1. The van der Waals surface area contributed by atoms with Gasteiger partial charge in [0.1, 0.15) is 0 Å². The summed E-state index contributed by atoms with van der Waals surface area (Å²) in [7, 11) is -2.38. The highest BCUT2D eigenvalue weighted by Gasteiger charge is 2.27. The second-order valence-electron chi connectivity index (χ2n) is 2.22. The third-order valence-corrected chi connectivity index (χ3v) is 2.71. The summed E-state index contributed by atoms with van der Waals surface area (Å²) < 4.78 is 24.5. The molecule has 0 aromatic carbocycles. The molecule has 6 heteroatoms. The Hall–Kier alpha value is -1.04. The number of nitrogens with one attached hydrogen (secondary N) is 1. The van der Waals surface area contributed by atoms with E-state index < -0.39 is 16.1 Å². The predicted molar refractivity (Wildman–Crippen MR) is 38.6 cm³/mol. The van der Waals surface area contributed by atoms with Crippen molar-refractivity contribution in [2.75, 3.05) is 7.05 Å². The first kappa shape index (κ1) is 8.06. The molecule has 0 fully saturated rings. The quantitative estimate of drug-likeness (QED) is 0.525. The van der Waals surface area contributed by atoms with Crippen molar-refractivity contribution in [1.29, 1.82) is 0 Å². The third-order valence-electron chi connectivity index (χ3n) is 1.41. The first-order valence-corrected chi connectivity index (χ1v) is 4.36. The minimum atomic E-state index is -3.59. The molecule has 5 nitrogen and oxygen atoms in total. The lowest BCUT2D eigenvalue weighted by Gasteiger charge is -2.21. The van der Waals surface area contributed by atoms with Gasteiger partial charge in [-0.1, -0.05) is 0 Å². The molecule has 1 aliphatic rings. The summed E-state index contributed by atoms with van der Waals surface area (Å²) in [6, 6.07) is 0. The summed E-state index contributed by atoms with van der Waals surface area (Å²) in [5, 5.41) is 0. The smallest absolute Gasteiger partial charge is 0.273 e. The molecule has 1 rings (SSSR count). The van der Waals surface area contributed by atoms with Crippen LogP contribution in [0.15, 0.2) is 11.8 Å². The molecule has 11 heavy (non-hydrogen) atoms. The van der Waals surface area contributed by atoms with E-state index in [1.165, 1.54) is 13.2 Å². The SMILES string of the molecule is CC1=CNS(=O)(=O)N(C)C1=O. The van der Waals surface area contributed by atoms with E-state index in [2.05, 4.69) is 4.72 Å². The van der Waals surface area contributed by atoms with Gasteiger partial charge in [-0.25, -0.2) is 4.31 Å². The van der Waals surface area contributed by atoms with Gasteiger partial charge < -0.3 is 0 Å². The number of hydrogen-bond donors (Lipinski definition) is 1. The number of amides is 1. The van der Waals surface area contributed by atoms with Crippen LogP contribution >= 0.6 is 0 Å². The Morgan fingerprint density at radius 2 is 2.09 bits per heavy atom. The highest BCUT2D eigenvalue weighted by molar-refractivity contribution is 7.87. The Morgan fingerprint density at radius 1 is 1.55 bits per heavy atom. The zero-order chi connectivity index (χ0) is 8.65. The molecule has 0 aliphatic carbocycles. The molecule has 0 aromatic rings. The number of hydrogen-bond acceptors (Lipinski definition) is 3. The summed E-state index contributed by atoms with van der Waals surface area (Å²) in [4.78, 5) is 11.0. The Bertz CT molecular complexity index is 317. The van der Waals surface area contributed by atoms with Crippen LogP contribution in [0.3, 0.4) is 0 Å². The van der Waals surface area contributed by atoms with Crippen LogP contribution in [0.25, 0.3) is 0 Å². The van der Waals surface area contributed by atoms with Crippen molar-refractivity contribution in [3.63, 3.8) is 0 Å². The van der Waals surface area contributed by atoms with Crippen LogP contribution in [0, 0.1) is 0 Å². The molecule has 0 aromatic heterocycles. The van der Waals surface area contributed by atoms with Crippen LogP contribution in [0.5, 0.6) is 0 Å². The largest absolute Gasteiger partial charge is 0.325 e. The maximum Gasteiger partial charge on any atom is 0.325 e. The van der Waals surface area contributed by atoms with Gasteiger partial charge in [0, 0.05) is 18.8 Å². The number of likely N-dealkylation sites (N-methyl/N-ethyl adjacent to an activating group) is 1.